The molecule has 0 spiro atoms. The van der Waals surface area contributed by atoms with E-state index in [9.17, 15) is 4.79 Å². The Morgan fingerprint density at radius 1 is 1.47 bits per heavy atom. The van der Waals surface area contributed by atoms with Crippen molar-refractivity contribution < 1.29 is 4.79 Å². The van der Waals surface area contributed by atoms with E-state index in [4.69, 9.17) is 0 Å². The summed E-state index contributed by atoms with van der Waals surface area (Å²) < 4.78 is 0. The Kier molecular flexibility index (Phi) is 3.26. The lowest BCUT2D eigenvalue weighted by molar-refractivity contribution is 0.0759. The van der Waals surface area contributed by atoms with E-state index in [0.29, 0.717) is 6.04 Å². The highest BCUT2D eigenvalue weighted by atomic mass is 79.9. The van der Waals surface area contributed by atoms with E-state index in [1.54, 1.807) is 11.3 Å². The van der Waals surface area contributed by atoms with Crippen LogP contribution in [0.3, 0.4) is 0 Å². The Bertz CT molecular complexity index is 417. The van der Waals surface area contributed by atoms with Gasteiger partial charge < -0.3 is 4.90 Å². The SMILES string of the molecule is O=C(c1cc2c(s1)CCC2)N(CCBr)C1CC1. The van der Waals surface area contributed by atoms with Crippen LogP contribution in [0.1, 0.15) is 39.4 Å². The number of thiophene rings is 1. The second kappa shape index (κ2) is 4.73. The third-order valence-corrected chi connectivity index (χ3v) is 5.11. The average Bonchev–Trinajstić information content (AvgIpc) is 2.91. The van der Waals surface area contributed by atoms with Crippen molar-refractivity contribution in [3.63, 3.8) is 0 Å². The van der Waals surface area contributed by atoms with Crippen LogP contribution in [0, 0.1) is 0 Å². The summed E-state index contributed by atoms with van der Waals surface area (Å²) in [5, 5.41) is 0.875. The normalized spacial score (nSPS) is 18.2. The van der Waals surface area contributed by atoms with Crippen LogP contribution in [0.15, 0.2) is 6.07 Å². The predicted molar refractivity (Wildman–Crippen MR) is 74.2 cm³/mol. The smallest absolute Gasteiger partial charge is 0.264 e. The lowest BCUT2D eigenvalue weighted by Gasteiger charge is -2.20. The number of fused-ring (bicyclic) bond motifs is 1. The van der Waals surface area contributed by atoms with Gasteiger partial charge in [-0.25, -0.2) is 0 Å². The van der Waals surface area contributed by atoms with E-state index in [1.165, 1.54) is 42.5 Å². The highest BCUT2D eigenvalue weighted by molar-refractivity contribution is 9.09. The van der Waals surface area contributed by atoms with Gasteiger partial charge in [-0.1, -0.05) is 15.9 Å². The molecule has 0 aliphatic heterocycles. The topological polar surface area (TPSA) is 20.3 Å². The molecule has 4 heteroatoms. The quantitative estimate of drug-likeness (QED) is 0.781. The number of halogens is 1. The Morgan fingerprint density at radius 3 is 2.94 bits per heavy atom. The molecule has 92 valence electrons. The molecule has 0 radical (unpaired) electrons. The number of hydrogen-bond acceptors (Lipinski definition) is 2. The molecule has 2 aliphatic rings. The van der Waals surface area contributed by atoms with Crippen molar-refractivity contribution in [1.29, 1.82) is 0 Å². The fourth-order valence-electron chi connectivity index (χ4n) is 2.50. The van der Waals surface area contributed by atoms with E-state index in [1.807, 2.05) is 0 Å². The molecular formula is C13H16BrNOS. The van der Waals surface area contributed by atoms with Crippen molar-refractivity contribution in [1.82, 2.24) is 4.90 Å². The van der Waals surface area contributed by atoms with Crippen molar-refractivity contribution in [2.45, 2.75) is 38.1 Å². The number of carbonyl (C=O) groups is 1. The van der Waals surface area contributed by atoms with Crippen LogP contribution >= 0.6 is 27.3 Å². The summed E-state index contributed by atoms with van der Waals surface area (Å²) >= 11 is 5.16. The zero-order valence-electron chi connectivity index (χ0n) is 9.75. The maximum Gasteiger partial charge on any atom is 0.264 e. The summed E-state index contributed by atoms with van der Waals surface area (Å²) in [5.41, 5.74) is 1.42. The predicted octanol–water partition coefficient (Wildman–Crippen LogP) is 3.24. The van der Waals surface area contributed by atoms with Crippen molar-refractivity contribution in [3.05, 3.63) is 21.4 Å². The lowest BCUT2D eigenvalue weighted by atomic mass is 10.2. The third kappa shape index (κ3) is 2.29. The molecule has 1 aromatic heterocycles. The first-order valence-electron chi connectivity index (χ1n) is 6.28. The van der Waals surface area contributed by atoms with E-state index in [2.05, 4.69) is 26.9 Å². The van der Waals surface area contributed by atoms with Crippen LogP contribution in [0.2, 0.25) is 0 Å². The number of alkyl halides is 1. The molecule has 17 heavy (non-hydrogen) atoms. The van der Waals surface area contributed by atoms with Gasteiger partial charge in [0.05, 0.1) is 4.88 Å². The van der Waals surface area contributed by atoms with Gasteiger partial charge in [0.25, 0.3) is 5.91 Å². The van der Waals surface area contributed by atoms with Crippen LogP contribution in [-0.4, -0.2) is 28.7 Å². The molecule has 0 atom stereocenters. The van der Waals surface area contributed by atoms with Gasteiger partial charge in [0.2, 0.25) is 0 Å². The van der Waals surface area contributed by atoms with Crippen LogP contribution in [0.25, 0.3) is 0 Å². The van der Waals surface area contributed by atoms with Gasteiger partial charge in [0.1, 0.15) is 0 Å². The number of nitrogens with zero attached hydrogens (tertiary/aromatic N) is 1. The van der Waals surface area contributed by atoms with Gasteiger partial charge in [-0.15, -0.1) is 11.3 Å². The lowest BCUT2D eigenvalue weighted by Crippen LogP contribution is -2.34. The first-order valence-corrected chi connectivity index (χ1v) is 8.22. The molecule has 1 amide bonds. The fourth-order valence-corrected chi connectivity index (χ4v) is 4.09. The van der Waals surface area contributed by atoms with Crippen LogP contribution in [0.5, 0.6) is 0 Å². The summed E-state index contributed by atoms with van der Waals surface area (Å²) in [6.45, 7) is 0.839. The highest BCUT2D eigenvalue weighted by Gasteiger charge is 2.33. The number of rotatable bonds is 4. The third-order valence-electron chi connectivity index (χ3n) is 3.53. The minimum absolute atomic E-state index is 0.256. The summed E-state index contributed by atoms with van der Waals surface area (Å²) in [6, 6.07) is 2.65. The summed E-state index contributed by atoms with van der Waals surface area (Å²) in [5.74, 6) is 0.256. The monoisotopic (exact) mass is 313 g/mol. The van der Waals surface area contributed by atoms with Gasteiger partial charge in [0.15, 0.2) is 0 Å². The van der Waals surface area contributed by atoms with Gasteiger partial charge >= 0.3 is 0 Å². The van der Waals surface area contributed by atoms with E-state index in [-0.39, 0.29) is 5.91 Å². The standard InChI is InChI=1S/C13H16BrNOS/c14-6-7-15(10-4-5-10)13(16)12-8-9-2-1-3-11(9)17-12/h8,10H,1-7H2. The molecule has 2 aliphatic carbocycles. The Labute approximate surface area is 114 Å². The highest BCUT2D eigenvalue weighted by Crippen LogP contribution is 2.34. The van der Waals surface area contributed by atoms with Crippen molar-refractivity contribution in [2.75, 3.05) is 11.9 Å². The summed E-state index contributed by atoms with van der Waals surface area (Å²) in [4.78, 5) is 16.9. The maximum atomic E-state index is 12.4. The molecule has 1 aromatic rings. The zero-order valence-corrected chi connectivity index (χ0v) is 12.1. The molecule has 0 saturated heterocycles. The molecule has 0 bridgehead atoms. The second-order valence-corrected chi connectivity index (χ2v) is 6.76. The molecule has 1 heterocycles. The molecule has 0 aromatic carbocycles. The molecule has 3 rings (SSSR count). The fraction of sp³-hybridized carbons (Fsp3) is 0.615. The Hall–Kier alpha value is -0.350. The van der Waals surface area contributed by atoms with Crippen molar-refractivity contribution in [2.24, 2.45) is 0 Å². The molecule has 2 nitrogen and oxygen atoms in total. The second-order valence-electron chi connectivity index (χ2n) is 4.83. The van der Waals surface area contributed by atoms with Crippen LogP contribution < -0.4 is 0 Å². The average molecular weight is 314 g/mol. The molecular weight excluding hydrogens is 298 g/mol. The maximum absolute atomic E-state index is 12.4. The largest absolute Gasteiger partial charge is 0.334 e. The number of carbonyl (C=O) groups excluding carboxylic acids is 1. The van der Waals surface area contributed by atoms with E-state index in [0.717, 1.165) is 16.8 Å². The van der Waals surface area contributed by atoms with Gasteiger partial charge in [0, 0.05) is 22.8 Å². The number of hydrogen-bond donors (Lipinski definition) is 0. The Balaban J connectivity index is 1.79. The van der Waals surface area contributed by atoms with Gasteiger partial charge in [-0.2, -0.15) is 0 Å². The van der Waals surface area contributed by atoms with Crippen molar-refractivity contribution in [3.8, 4) is 0 Å². The van der Waals surface area contributed by atoms with E-state index < -0.39 is 0 Å². The molecule has 0 unspecified atom stereocenters. The van der Waals surface area contributed by atoms with Crippen LogP contribution in [0.4, 0.5) is 0 Å². The molecule has 1 fully saturated rings. The zero-order chi connectivity index (χ0) is 11.8. The van der Waals surface area contributed by atoms with Crippen LogP contribution in [-0.2, 0) is 12.8 Å². The minimum Gasteiger partial charge on any atom is -0.334 e. The first-order chi connectivity index (χ1) is 8.29. The van der Waals surface area contributed by atoms with Crippen molar-refractivity contribution >= 4 is 33.2 Å². The number of aryl methyl sites for hydroxylation is 2. The van der Waals surface area contributed by atoms with Gasteiger partial charge in [-0.3, -0.25) is 4.79 Å². The van der Waals surface area contributed by atoms with Gasteiger partial charge in [-0.05, 0) is 43.7 Å². The molecule has 0 N–H and O–H groups in total. The summed E-state index contributed by atoms with van der Waals surface area (Å²) in [7, 11) is 0. The molecule has 1 saturated carbocycles. The first kappa shape index (κ1) is 11.7. The minimum atomic E-state index is 0.256. The number of amides is 1. The summed E-state index contributed by atoms with van der Waals surface area (Å²) in [6.07, 6.45) is 5.98. The van der Waals surface area contributed by atoms with E-state index >= 15 is 0 Å². The Morgan fingerprint density at radius 2 is 2.29 bits per heavy atom.